The van der Waals surface area contributed by atoms with E-state index in [1.165, 1.54) is 0 Å². The molecular weight excluding hydrogens is 294 g/mol. The Morgan fingerprint density at radius 1 is 1.43 bits per heavy atom. The quantitative estimate of drug-likeness (QED) is 0.883. The van der Waals surface area contributed by atoms with Crippen LogP contribution >= 0.6 is 0 Å². The van der Waals surface area contributed by atoms with Gasteiger partial charge in [-0.2, -0.15) is 0 Å². The van der Waals surface area contributed by atoms with E-state index in [9.17, 15) is 9.90 Å². The topological polar surface area (TPSA) is 92.9 Å². The van der Waals surface area contributed by atoms with Gasteiger partial charge in [-0.05, 0) is 38.7 Å². The molecule has 0 atom stereocenters. The zero-order valence-corrected chi connectivity index (χ0v) is 13.5. The molecule has 2 aromatic rings. The molecule has 2 heterocycles. The highest BCUT2D eigenvalue weighted by molar-refractivity contribution is 5.91. The average molecular weight is 315 g/mol. The lowest BCUT2D eigenvalue weighted by atomic mass is 9.71. The molecule has 1 aliphatic carbocycles. The molecule has 1 saturated carbocycles. The Labute approximate surface area is 134 Å². The molecule has 0 aromatic carbocycles. The van der Waals surface area contributed by atoms with E-state index in [1.807, 2.05) is 11.6 Å². The van der Waals surface area contributed by atoms with Gasteiger partial charge in [-0.25, -0.2) is 15.0 Å². The van der Waals surface area contributed by atoms with Crippen molar-refractivity contribution in [2.45, 2.75) is 38.3 Å². The molecule has 1 fully saturated rings. The van der Waals surface area contributed by atoms with Crippen LogP contribution in [0.4, 0.5) is 0 Å². The van der Waals surface area contributed by atoms with Crippen molar-refractivity contribution in [2.75, 3.05) is 0 Å². The third-order valence-electron chi connectivity index (χ3n) is 4.41. The summed E-state index contributed by atoms with van der Waals surface area (Å²) in [5, 5.41) is 12.9. The second kappa shape index (κ2) is 5.73. The number of aromatic nitrogens is 4. The molecule has 23 heavy (non-hydrogen) atoms. The van der Waals surface area contributed by atoms with E-state index in [0.29, 0.717) is 5.69 Å². The van der Waals surface area contributed by atoms with Gasteiger partial charge < -0.3 is 15.0 Å². The van der Waals surface area contributed by atoms with Gasteiger partial charge in [0.2, 0.25) is 5.82 Å². The number of aryl methyl sites for hydroxylation is 1. The van der Waals surface area contributed by atoms with Gasteiger partial charge in [0.15, 0.2) is 0 Å². The van der Waals surface area contributed by atoms with Gasteiger partial charge in [-0.15, -0.1) is 0 Å². The SMILES string of the molecule is Cn1cncc1-c1ccnc(C(=O)NC2CC(C(C)(C)O)C2)n1. The van der Waals surface area contributed by atoms with Crippen LogP contribution in [0.3, 0.4) is 0 Å². The van der Waals surface area contributed by atoms with Crippen molar-refractivity contribution in [3.63, 3.8) is 0 Å². The summed E-state index contributed by atoms with van der Waals surface area (Å²) in [5.74, 6) is 0.0816. The van der Waals surface area contributed by atoms with E-state index in [0.717, 1.165) is 18.5 Å². The monoisotopic (exact) mass is 315 g/mol. The molecule has 7 nitrogen and oxygen atoms in total. The summed E-state index contributed by atoms with van der Waals surface area (Å²) in [4.78, 5) is 24.7. The highest BCUT2D eigenvalue weighted by Crippen LogP contribution is 2.36. The molecule has 0 bridgehead atoms. The number of rotatable bonds is 4. The average Bonchev–Trinajstić information content (AvgIpc) is 2.87. The van der Waals surface area contributed by atoms with Crippen molar-refractivity contribution in [3.05, 3.63) is 30.6 Å². The Hall–Kier alpha value is -2.28. The number of nitrogens with one attached hydrogen (secondary N) is 1. The van der Waals surface area contributed by atoms with Gasteiger partial charge in [-0.3, -0.25) is 4.79 Å². The number of aliphatic hydroxyl groups is 1. The minimum atomic E-state index is -0.697. The number of carbonyl (C=O) groups excluding carboxylic acids is 1. The van der Waals surface area contributed by atoms with Gasteiger partial charge in [0, 0.05) is 19.3 Å². The summed E-state index contributed by atoms with van der Waals surface area (Å²) >= 11 is 0. The fraction of sp³-hybridized carbons (Fsp3) is 0.500. The lowest BCUT2D eigenvalue weighted by molar-refractivity contribution is -0.0309. The van der Waals surface area contributed by atoms with Crippen LogP contribution in [0.1, 0.15) is 37.3 Å². The number of hydrogen-bond donors (Lipinski definition) is 2. The van der Waals surface area contributed by atoms with E-state index < -0.39 is 5.60 Å². The van der Waals surface area contributed by atoms with Crippen LogP contribution in [0.5, 0.6) is 0 Å². The third kappa shape index (κ3) is 3.24. The molecule has 1 amide bonds. The maximum absolute atomic E-state index is 12.3. The molecule has 2 aromatic heterocycles. The fourth-order valence-electron chi connectivity index (χ4n) is 2.78. The van der Waals surface area contributed by atoms with E-state index in [4.69, 9.17) is 0 Å². The number of hydrogen-bond acceptors (Lipinski definition) is 5. The first-order valence-electron chi connectivity index (χ1n) is 7.67. The molecule has 2 N–H and O–H groups in total. The molecule has 0 aliphatic heterocycles. The van der Waals surface area contributed by atoms with E-state index in [1.54, 1.807) is 38.6 Å². The number of nitrogens with zero attached hydrogens (tertiary/aromatic N) is 4. The maximum atomic E-state index is 12.3. The zero-order chi connectivity index (χ0) is 16.6. The molecule has 7 heteroatoms. The van der Waals surface area contributed by atoms with Crippen molar-refractivity contribution in [2.24, 2.45) is 13.0 Å². The first-order chi connectivity index (χ1) is 10.8. The molecule has 1 aliphatic rings. The number of imidazole rings is 1. The minimum absolute atomic E-state index is 0.0721. The Balaban J connectivity index is 1.66. The molecule has 122 valence electrons. The molecule has 3 rings (SSSR count). The third-order valence-corrected chi connectivity index (χ3v) is 4.41. The molecule has 0 saturated heterocycles. The lowest BCUT2D eigenvalue weighted by Crippen LogP contribution is -2.51. The molecule has 0 spiro atoms. The van der Waals surface area contributed by atoms with Crippen molar-refractivity contribution >= 4 is 5.91 Å². The molecule has 0 unspecified atom stereocenters. The van der Waals surface area contributed by atoms with Crippen molar-refractivity contribution < 1.29 is 9.90 Å². The summed E-state index contributed by atoms with van der Waals surface area (Å²) in [6.07, 6.45) is 6.50. The van der Waals surface area contributed by atoms with Crippen molar-refractivity contribution in [1.82, 2.24) is 24.8 Å². The van der Waals surface area contributed by atoms with E-state index in [2.05, 4.69) is 20.3 Å². The highest BCUT2D eigenvalue weighted by atomic mass is 16.3. The minimum Gasteiger partial charge on any atom is -0.390 e. The van der Waals surface area contributed by atoms with Crippen LogP contribution in [0.25, 0.3) is 11.4 Å². The normalized spacial score (nSPS) is 20.9. The molecular formula is C16H21N5O2. The summed E-state index contributed by atoms with van der Waals surface area (Å²) < 4.78 is 1.84. The number of carbonyl (C=O) groups is 1. The second-order valence-corrected chi connectivity index (χ2v) is 6.65. The standard InChI is InChI=1S/C16H21N5O2/c1-16(2,23)10-6-11(7-10)19-15(22)14-18-5-4-12(20-14)13-8-17-9-21(13)3/h4-5,8-11,23H,6-7H2,1-3H3,(H,19,22). The fourth-order valence-corrected chi connectivity index (χ4v) is 2.78. The van der Waals surface area contributed by atoms with Gasteiger partial charge >= 0.3 is 0 Å². The van der Waals surface area contributed by atoms with E-state index >= 15 is 0 Å². The number of amides is 1. The van der Waals surface area contributed by atoms with Crippen LogP contribution < -0.4 is 5.32 Å². The summed E-state index contributed by atoms with van der Waals surface area (Å²) in [7, 11) is 1.87. The van der Waals surface area contributed by atoms with Gasteiger partial charge in [-0.1, -0.05) is 0 Å². The van der Waals surface area contributed by atoms with Gasteiger partial charge in [0.05, 0.1) is 29.5 Å². The Morgan fingerprint density at radius 3 is 2.78 bits per heavy atom. The smallest absolute Gasteiger partial charge is 0.289 e. The van der Waals surface area contributed by atoms with Gasteiger partial charge in [0.1, 0.15) is 0 Å². The Bertz CT molecular complexity index is 713. The van der Waals surface area contributed by atoms with Crippen LogP contribution in [-0.4, -0.2) is 42.2 Å². The summed E-state index contributed by atoms with van der Waals surface area (Å²) in [5.41, 5.74) is 0.789. The molecule has 0 radical (unpaired) electrons. The summed E-state index contributed by atoms with van der Waals surface area (Å²) in [6.45, 7) is 3.60. The van der Waals surface area contributed by atoms with Crippen molar-refractivity contribution in [3.8, 4) is 11.4 Å². The maximum Gasteiger partial charge on any atom is 0.289 e. The van der Waals surface area contributed by atoms with Crippen LogP contribution in [-0.2, 0) is 7.05 Å². The van der Waals surface area contributed by atoms with E-state index in [-0.39, 0.29) is 23.7 Å². The van der Waals surface area contributed by atoms with Crippen molar-refractivity contribution in [1.29, 1.82) is 0 Å². The largest absolute Gasteiger partial charge is 0.390 e. The first kappa shape index (κ1) is 15.6. The second-order valence-electron chi connectivity index (χ2n) is 6.65. The Morgan fingerprint density at radius 2 is 2.17 bits per heavy atom. The van der Waals surface area contributed by atoms with Crippen LogP contribution in [0, 0.1) is 5.92 Å². The first-order valence-corrected chi connectivity index (χ1v) is 7.67. The van der Waals surface area contributed by atoms with Crippen LogP contribution in [0.15, 0.2) is 24.8 Å². The predicted octanol–water partition coefficient (Wildman–Crippen LogP) is 1.16. The predicted molar refractivity (Wildman–Crippen MR) is 84.5 cm³/mol. The van der Waals surface area contributed by atoms with Crippen LogP contribution in [0.2, 0.25) is 0 Å². The highest BCUT2D eigenvalue weighted by Gasteiger charge is 2.39. The van der Waals surface area contributed by atoms with Gasteiger partial charge in [0.25, 0.3) is 5.91 Å². The lowest BCUT2D eigenvalue weighted by Gasteiger charge is -2.42. The Kier molecular flexibility index (Phi) is 3.89. The zero-order valence-electron chi connectivity index (χ0n) is 13.5. The summed E-state index contributed by atoms with van der Waals surface area (Å²) in [6, 6.07) is 1.82.